The molecule has 0 saturated carbocycles. The van der Waals surface area contributed by atoms with Gasteiger partial charge in [0.1, 0.15) is 0 Å². The molecule has 0 radical (unpaired) electrons. The van der Waals surface area contributed by atoms with Crippen molar-refractivity contribution in [2.75, 3.05) is 13.6 Å². The number of halogens is 1. The van der Waals surface area contributed by atoms with Crippen LogP contribution in [0.1, 0.15) is 31.4 Å². The average molecular weight is 358 g/mol. The summed E-state index contributed by atoms with van der Waals surface area (Å²) in [6, 6.07) is 9.32. The second-order valence-corrected chi connectivity index (χ2v) is 6.20. The number of amides is 1. The molecular formula is C14H19IN2O. The van der Waals surface area contributed by atoms with Crippen LogP contribution in [0.2, 0.25) is 0 Å². The smallest absolute Gasteiger partial charge is 0.222 e. The fourth-order valence-corrected chi connectivity index (χ4v) is 2.71. The Morgan fingerprint density at radius 2 is 2.06 bits per heavy atom. The molecule has 2 atom stereocenters. The summed E-state index contributed by atoms with van der Waals surface area (Å²) in [6.45, 7) is 2.99. The molecule has 1 aliphatic rings. The largest absolute Gasteiger partial charge is 0.344 e. The molecule has 1 aromatic carbocycles. The molecule has 2 unspecified atom stereocenters. The topological polar surface area (TPSA) is 32.3 Å². The number of rotatable bonds is 3. The highest BCUT2D eigenvalue weighted by Crippen LogP contribution is 2.18. The van der Waals surface area contributed by atoms with Gasteiger partial charge in [0, 0.05) is 35.7 Å². The maximum Gasteiger partial charge on any atom is 0.222 e. The van der Waals surface area contributed by atoms with Crippen molar-refractivity contribution in [3.63, 3.8) is 0 Å². The molecule has 1 N–H and O–H groups in total. The SMILES string of the molecule is CC(NC1CCC(=O)N(C)C1)c1ccc(I)cc1. The van der Waals surface area contributed by atoms with E-state index >= 15 is 0 Å². The molecule has 0 bridgehead atoms. The van der Waals surface area contributed by atoms with E-state index in [0.29, 0.717) is 18.5 Å². The van der Waals surface area contributed by atoms with Crippen molar-refractivity contribution in [2.45, 2.75) is 31.8 Å². The maximum absolute atomic E-state index is 11.4. The molecule has 3 nitrogen and oxygen atoms in total. The van der Waals surface area contributed by atoms with Gasteiger partial charge in [-0.15, -0.1) is 0 Å². The Labute approximate surface area is 122 Å². The average Bonchev–Trinajstić information content (AvgIpc) is 2.34. The Morgan fingerprint density at radius 1 is 1.39 bits per heavy atom. The number of hydrogen-bond acceptors (Lipinski definition) is 2. The number of hydrogen-bond donors (Lipinski definition) is 1. The van der Waals surface area contributed by atoms with Gasteiger partial charge in [-0.05, 0) is 53.6 Å². The Bertz CT molecular complexity index is 418. The van der Waals surface area contributed by atoms with Crippen LogP contribution in [0.15, 0.2) is 24.3 Å². The van der Waals surface area contributed by atoms with Crippen molar-refractivity contribution >= 4 is 28.5 Å². The highest BCUT2D eigenvalue weighted by molar-refractivity contribution is 14.1. The summed E-state index contributed by atoms with van der Waals surface area (Å²) in [5, 5.41) is 3.61. The number of likely N-dealkylation sites (N-methyl/N-ethyl adjacent to an activating group) is 1. The minimum absolute atomic E-state index is 0.259. The van der Waals surface area contributed by atoms with Crippen LogP contribution in [0.3, 0.4) is 0 Å². The van der Waals surface area contributed by atoms with Crippen LogP contribution in [-0.2, 0) is 4.79 Å². The zero-order chi connectivity index (χ0) is 13.1. The first kappa shape index (κ1) is 13.8. The van der Waals surface area contributed by atoms with Crippen molar-refractivity contribution in [3.05, 3.63) is 33.4 Å². The molecule has 0 aromatic heterocycles. The molecule has 1 aromatic rings. The number of nitrogens with one attached hydrogen (secondary N) is 1. The molecule has 1 saturated heterocycles. The van der Waals surface area contributed by atoms with E-state index in [2.05, 4.69) is 59.1 Å². The first-order valence-electron chi connectivity index (χ1n) is 6.31. The monoisotopic (exact) mass is 358 g/mol. The predicted molar refractivity (Wildman–Crippen MR) is 81.4 cm³/mol. The molecule has 98 valence electrons. The van der Waals surface area contributed by atoms with Gasteiger partial charge in [-0.3, -0.25) is 4.79 Å². The molecule has 1 heterocycles. The van der Waals surface area contributed by atoms with Gasteiger partial charge in [0.25, 0.3) is 0 Å². The zero-order valence-corrected chi connectivity index (χ0v) is 13.0. The Kier molecular flexibility index (Phi) is 4.61. The molecule has 1 fully saturated rings. The minimum Gasteiger partial charge on any atom is -0.344 e. The summed E-state index contributed by atoms with van der Waals surface area (Å²) < 4.78 is 1.26. The number of benzene rings is 1. The zero-order valence-electron chi connectivity index (χ0n) is 10.8. The first-order valence-corrected chi connectivity index (χ1v) is 7.39. The summed E-state index contributed by atoms with van der Waals surface area (Å²) in [6.07, 6.45) is 1.60. The molecule has 0 aliphatic carbocycles. The number of carbonyl (C=O) groups is 1. The number of likely N-dealkylation sites (tertiary alicyclic amines) is 1. The van der Waals surface area contributed by atoms with Gasteiger partial charge in [0.15, 0.2) is 0 Å². The van der Waals surface area contributed by atoms with Gasteiger partial charge in [0.2, 0.25) is 5.91 Å². The summed E-state index contributed by atoms with van der Waals surface area (Å²) in [7, 11) is 1.88. The van der Waals surface area contributed by atoms with E-state index in [0.717, 1.165) is 13.0 Å². The summed E-state index contributed by atoms with van der Waals surface area (Å²) in [5.41, 5.74) is 1.30. The van der Waals surface area contributed by atoms with Crippen LogP contribution in [-0.4, -0.2) is 30.4 Å². The maximum atomic E-state index is 11.4. The molecule has 1 aliphatic heterocycles. The minimum atomic E-state index is 0.259. The van der Waals surface area contributed by atoms with Gasteiger partial charge in [-0.2, -0.15) is 0 Å². The molecule has 4 heteroatoms. The van der Waals surface area contributed by atoms with E-state index in [9.17, 15) is 4.79 Å². The highest BCUT2D eigenvalue weighted by atomic mass is 127. The second kappa shape index (κ2) is 6.02. The lowest BCUT2D eigenvalue weighted by atomic mass is 10.0. The number of carbonyl (C=O) groups excluding carboxylic acids is 1. The van der Waals surface area contributed by atoms with Crippen LogP contribution in [0.4, 0.5) is 0 Å². The van der Waals surface area contributed by atoms with E-state index in [1.807, 2.05) is 11.9 Å². The van der Waals surface area contributed by atoms with Crippen molar-refractivity contribution < 1.29 is 4.79 Å². The number of piperidine rings is 1. The Morgan fingerprint density at radius 3 is 2.67 bits per heavy atom. The van der Waals surface area contributed by atoms with E-state index in [4.69, 9.17) is 0 Å². The van der Waals surface area contributed by atoms with Gasteiger partial charge in [-0.25, -0.2) is 0 Å². The summed E-state index contributed by atoms with van der Waals surface area (Å²) in [4.78, 5) is 13.3. The number of nitrogens with zero attached hydrogens (tertiary/aromatic N) is 1. The van der Waals surface area contributed by atoms with Crippen molar-refractivity contribution in [2.24, 2.45) is 0 Å². The third-order valence-corrected chi connectivity index (χ3v) is 4.20. The first-order chi connectivity index (χ1) is 8.56. The second-order valence-electron chi connectivity index (χ2n) is 4.95. The fourth-order valence-electron chi connectivity index (χ4n) is 2.35. The molecule has 1 amide bonds. The van der Waals surface area contributed by atoms with E-state index < -0.39 is 0 Å². The lowest BCUT2D eigenvalue weighted by Gasteiger charge is -2.32. The molecule has 18 heavy (non-hydrogen) atoms. The van der Waals surface area contributed by atoms with Crippen molar-refractivity contribution in [1.82, 2.24) is 10.2 Å². The third-order valence-electron chi connectivity index (χ3n) is 3.48. The lowest BCUT2D eigenvalue weighted by Crippen LogP contribution is -2.47. The third kappa shape index (κ3) is 3.45. The highest BCUT2D eigenvalue weighted by Gasteiger charge is 2.23. The molecule has 2 rings (SSSR count). The summed E-state index contributed by atoms with van der Waals surface area (Å²) in [5.74, 6) is 0.259. The Hall–Kier alpha value is -0.620. The van der Waals surface area contributed by atoms with E-state index in [1.165, 1.54) is 9.13 Å². The van der Waals surface area contributed by atoms with E-state index in [-0.39, 0.29) is 5.91 Å². The Balaban J connectivity index is 1.93. The van der Waals surface area contributed by atoms with Crippen molar-refractivity contribution in [3.8, 4) is 0 Å². The van der Waals surface area contributed by atoms with Gasteiger partial charge in [-0.1, -0.05) is 12.1 Å². The van der Waals surface area contributed by atoms with Crippen LogP contribution in [0.5, 0.6) is 0 Å². The quantitative estimate of drug-likeness (QED) is 0.843. The lowest BCUT2D eigenvalue weighted by molar-refractivity contribution is -0.132. The standard InChI is InChI=1S/C14H19IN2O/c1-10(11-3-5-12(15)6-4-11)16-13-7-8-14(18)17(2)9-13/h3-6,10,13,16H,7-9H2,1-2H3. The fraction of sp³-hybridized carbons (Fsp3) is 0.500. The molecule has 0 spiro atoms. The van der Waals surface area contributed by atoms with Gasteiger partial charge >= 0.3 is 0 Å². The molecular weight excluding hydrogens is 339 g/mol. The van der Waals surface area contributed by atoms with Crippen LogP contribution in [0.25, 0.3) is 0 Å². The summed E-state index contributed by atoms with van der Waals surface area (Å²) >= 11 is 2.32. The van der Waals surface area contributed by atoms with Gasteiger partial charge in [0.05, 0.1) is 0 Å². The van der Waals surface area contributed by atoms with Gasteiger partial charge < -0.3 is 10.2 Å². The van der Waals surface area contributed by atoms with Crippen molar-refractivity contribution in [1.29, 1.82) is 0 Å². The van der Waals surface area contributed by atoms with E-state index in [1.54, 1.807) is 0 Å². The predicted octanol–water partition coefficient (Wildman–Crippen LogP) is 2.56. The van der Waals surface area contributed by atoms with Crippen LogP contribution < -0.4 is 5.32 Å². The van der Waals surface area contributed by atoms with Crippen LogP contribution in [0, 0.1) is 3.57 Å². The van der Waals surface area contributed by atoms with Crippen LogP contribution >= 0.6 is 22.6 Å². The normalized spacial score (nSPS) is 22.1.